The summed E-state index contributed by atoms with van der Waals surface area (Å²) in [6.07, 6.45) is 8.83. The monoisotopic (exact) mass is 286 g/mol. The molecule has 0 bridgehead atoms. The number of benzene rings is 1. The van der Waals surface area contributed by atoms with E-state index >= 15 is 0 Å². The molecule has 0 radical (unpaired) electrons. The lowest BCUT2D eigenvalue weighted by atomic mass is 9.94. The fourth-order valence-electron chi connectivity index (χ4n) is 3.28. The smallest absolute Gasteiger partial charge is 0.227 e. The minimum absolute atomic E-state index is 0.197. The van der Waals surface area contributed by atoms with Crippen molar-refractivity contribution in [3.63, 3.8) is 0 Å². The number of carbonyl (C=O) groups is 1. The molecule has 0 aromatic heterocycles. The van der Waals surface area contributed by atoms with Crippen molar-refractivity contribution in [2.75, 3.05) is 12.4 Å². The first kappa shape index (κ1) is 14.6. The highest BCUT2D eigenvalue weighted by Crippen LogP contribution is 2.31. The molecule has 2 aliphatic carbocycles. The minimum Gasteiger partial charge on any atom is -0.326 e. The van der Waals surface area contributed by atoms with E-state index in [2.05, 4.69) is 29.4 Å². The van der Waals surface area contributed by atoms with Crippen LogP contribution in [0.2, 0.25) is 0 Å². The molecule has 2 fully saturated rings. The Morgan fingerprint density at radius 2 is 1.86 bits per heavy atom. The van der Waals surface area contributed by atoms with Gasteiger partial charge in [-0.3, -0.25) is 9.69 Å². The van der Waals surface area contributed by atoms with Gasteiger partial charge in [0.15, 0.2) is 0 Å². The van der Waals surface area contributed by atoms with Gasteiger partial charge in [-0.15, -0.1) is 0 Å². The molecule has 2 aliphatic rings. The van der Waals surface area contributed by atoms with Gasteiger partial charge in [-0.1, -0.05) is 37.5 Å². The first-order valence-corrected chi connectivity index (χ1v) is 8.33. The molecule has 1 N–H and O–H groups in total. The summed E-state index contributed by atoms with van der Waals surface area (Å²) in [4.78, 5) is 14.4. The summed E-state index contributed by atoms with van der Waals surface area (Å²) >= 11 is 0. The molecule has 0 aliphatic heterocycles. The van der Waals surface area contributed by atoms with Gasteiger partial charge < -0.3 is 5.32 Å². The molecule has 114 valence electrons. The molecule has 3 nitrogen and oxygen atoms in total. The van der Waals surface area contributed by atoms with Gasteiger partial charge >= 0.3 is 0 Å². The van der Waals surface area contributed by atoms with Gasteiger partial charge in [-0.05, 0) is 44.4 Å². The largest absolute Gasteiger partial charge is 0.326 e. The lowest BCUT2D eigenvalue weighted by molar-refractivity contribution is -0.117. The third-order valence-corrected chi connectivity index (χ3v) is 4.84. The van der Waals surface area contributed by atoms with E-state index in [1.807, 2.05) is 12.1 Å². The van der Waals surface area contributed by atoms with Crippen LogP contribution in [0.1, 0.15) is 50.5 Å². The highest BCUT2D eigenvalue weighted by atomic mass is 16.2. The number of amides is 1. The summed E-state index contributed by atoms with van der Waals surface area (Å²) in [7, 11) is 2.22. The van der Waals surface area contributed by atoms with E-state index in [0.29, 0.717) is 6.04 Å². The van der Waals surface area contributed by atoms with Crippen LogP contribution < -0.4 is 5.32 Å². The molecule has 0 atom stereocenters. The summed E-state index contributed by atoms with van der Waals surface area (Å²) in [5.41, 5.74) is 2.23. The van der Waals surface area contributed by atoms with Crippen molar-refractivity contribution in [1.82, 2.24) is 4.90 Å². The van der Waals surface area contributed by atoms with Crippen molar-refractivity contribution in [1.29, 1.82) is 0 Å². The van der Waals surface area contributed by atoms with Gasteiger partial charge in [0.05, 0.1) is 0 Å². The lowest BCUT2D eigenvalue weighted by Gasteiger charge is -2.31. The highest BCUT2D eigenvalue weighted by Gasteiger charge is 2.30. The highest BCUT2D eigenvalue weighted by molar-refractivity contribution is 5.94. The SMILES string of the molecule is CN(Cc1ccccc1NC(=O)C1CC1)C1CCCCC1. The molecule has 21 heavy (non-hydrogen) atoms. The number of hydrogen-bond donors (Lipinski definition) is 1. The first-order valence-electron chi connectivity index (χ1n) is 8.33. The van der Waals surface area contributed by atoms with E-state index in [1.165, 1.54) is 37.7 Å². The molecule has 0 spiro atoms. The molecule has 0 unspecified atom stereocenters. The quantitative estimate of drug-likeness (QED) is 0.893. The van der Waals surface area contributed by atoms with Gasteiger partial charge in [0, 0.05) is 24.2 Å². The van der Waals surface area contributed by atoms with E-state index in [4.69, 9.17) is 0 Å². The van der Waals surface area contributed by atoms with Crippen molar-refractivity contribution < 1.29 is 4.79 Å². The van der Waals surface area contributed by atoms with Crippen LogP contribution in [0, 0.1) is 5.92 Å². The molecule has 1 aromatic rings. The molecule has 2 saturated carbocycles. The second-order valence-corrected chi connectivity index (χ2v) is 6.63. The molecule has 0 saturated heterocycles. The van der Waals surface area contributed by atoms with Crippen molar-refractivity contribution in [2.45, 2.75) is 57.5 Å². The van der Waals surface area contributed by atoms with Crippen LogP contribution >= 0.6 is 0 Å². The fraction of sp³-hybridized carbons (Fsp3) is 0.611. The third-order valence-electron chi connectivity index (χ3n) is 4.84. The molecular weight excluding hydrogens is 260 g/mol. The molecular formula is C18H26N2O. The van der Waals surface area contributed by atoms with Crippen molar-refractivity contribution in [3.8, 4) is 0 Å². The number of anilines is 1. The number of nitrogens with one attached hydrogen (secondary N) is 1. The molecule has 0 heterocycles. The normalized spacial score (nSPS) is 19.7. The summed E-state index contributed by atoms with van der Waals surface area (Å²) < 4.78 is 0. The Kier molecular flexibility index (Phi) is 4.59. The van der Waals surface area contributed by atoms with Crippen LogP contribution in [-0.4, -0.2) is 23.9 Å². The van der Waals surface area contributed by atoms with E-state index in [1.54, 1.807) is 0 Å². The van der Waals surface area contributed by atoms with Gasteiger partial charge in [0.25, 0.3) is 0 Å². The average Bonchev–Trinajstić information content (AvgIpc) is 3.35. The van der Waals surface area contributed by atoms with Crippen molar-refractivity contribution in [2.24, 2.45) is 5.92 Å². The van der Waals surface area contributed by atoms with Crippen LogP contribution in [0.15, 0.2) is 24.3 Å². The summed E-state index contributed by atoms with van der Waals surface area (Å²) in [5.74, 6) is 0.455. The number of rotatable bonds is 5. The topological polar surface area (TPSA) is 32.3 Å². The third kappa shape index (κ3) is 3.85. The zero-order valence-electron chi connectivity index (χ0n) is 13.0. The molecule has 3 heteroatoms. The Hall–Kier alpha value is -1.35. The Morgan fingerprint density at radius 3 is 2.57 bits per heavy atom. The molecule has 1 amide bonds. The maximum absolute atomic E-state index is 12.0. The van der Waals surface area contributed by atoms with Crippen LogP contribution in [0.4, 0.5) is 5.69 Å². The Bertz CT molecular complexity index is 490. The lowest BCUT2D eigenvalue weighted by Crippen LogP contribution is -2.33. The van der Waals surface area contributed by atoms with Crippen LogP contribution in [0.25, 0.3) is 0 Å². The second-order valence-electron chi connectivity index (χ2n) is 6.63. The van der Waals surface area contributed by atoms with Gasteiger partial charge in [-0.2, -0.15) is 0 Å². The molecule has 1 aromatic carbocycles. The summed E-state index contributed by atoms with van der Waals surface area (Å²) in [6, 6.07) is 8.95. The zero-order chi connectivity index (χ0) is 14.7. The Balaban J connectivity index is 1.64. The Morgan fingerprint density at radius 1 is 1.14 bits per heavy atom. The second kappa shape index (κ2) is 6.61. The van der Waals surface area contributed by atoms with Gasteiger partial charge in [-0.25, -0.2) is 0 Å². The maximum Gasteiger partial charge on any atom is 0.227 e. The minimum atomic E-state index is 0.197. The van der Waals surface area contributed by atoms with Crippen LogP contribution in [0.3, 0.4) is 0 Å². The van der Waals surface area contributed by atoms with Crippen molar-refractivity contribution in [3.05, 3.63) is 29.8 Å². The zero-order valence-corrected chi connectivity index (χ0v) is 13.0. The van der Waals surface area contributed by atoms with Crippen LogP contribution in [0.5, 0.6) is 0 Å². The van der Waals surface area contributed by atoms with Gasteiger partial charge in [0.2, 0.25) is 5.91 Å². The predicted molar refractivity (Wildman–Crippen MR) is 86.1 cm³/mol. The van der Waals surface area contributed by atoms with E-state index < -0.39 is 0 Å². The van der Waals surface area contributed by atoms with Crippen molar-refractivity contribution >= 4 is 11.6 Å². The average molecular weight is 286 g/mol. The summed E-state index contributed by atoms with van der Waals surface area (Å²) in [6.45, 7) is 0.922. The fourth-order valence-corrected chi connectivity index (χ4v) is 3.28. The first-order chi connectivity index (χ1) is 10.2. The van der Waals surface area contributed by atoms with Gasteiger partial charge in [0.1, 0.15) is 0 Å². The predicted octanol–water partition coefficient (Wildman–Crippen LogP) is 3.80. The van der Waals surface area contributed by atoms with Crippen LogP contribution in [-0.2, 0) is 11.3 Å². The van der Waals surface area contributed by atoms with E-state index in [0.717, 1.165) is 25.1 Å². The standard InChI is InChI=1S/C18H26N2O/c1-20(16-8-3-2-4-9-16)13-15-7-5-6-10-17(15)19-18(21)14-11-12-14/h5-7,10,14,16H,2-4,8-9,11-13H2,1H3,(H,19,21). The Labute approximate surface area is 127 Å². The number of nitrogens with zero attached hydrogens (tertiary/aromatic N) is 1. The number of carbonyl (C=O) groups excluding carboxylic acids is 1. The molecule has 3 rings (SSSR count). The summed E-state index contributed by atoms with van der Waals surface area (Å²) in [5, 5.41) is 3.12. The van der Waals surface area contributed by atoms with E-state index in [-0.39, 0.29) is 11.8 Å². The number of hydrogen-bond acceptors (Lipinski definition) is 2. The number of para-hydroxylation sites is 1. The van der Waals surface area contributed by atoms with E-state index in [9.17, 15) is 4.79 Å². The maximum atomic E-state index is 12.0.